The number of phosphoric acid groups is 2. The van der Waals surface area contributed by atoms with Crippen LogP contribution in [0.3, 0.4) is 0 Å². The van der Waals surface area contributed by atoms with Crippen molar-refractivity contribution in [1.29, 1.82) is 0 Å². The molecule has 1 aliphatic heterocycles. The van der Waals surface area contributed by atoms with Gasteiger partial charge in [0.15, 0.2) is 6.10 Å². The highest BCUT2D eigenvalue weighted by molar-refractivity contribution is 7.47. The van der Waals surface area contributed by atoms with Crippen molar-refractivity contribution in [3.63, 3.8) is 0 Å². The number of esters is 2. The Morgan fingerprint density at radius 1 is 0.562 bits per heavy atom. The summed E-state index contributed by atoms with van der Waals surface area (Å²) < 4.78 is 55.0. The first kappa shape index (κ1) is 58.0. The topological polar surface area (TPSA) is 269 Å². The summed E-state index contributed by atoms with van der Waals surface area (Å²) in [4.78, 5) is 54.2. The van der Waals surface area contributed by atoms with Crippen LogP contribution < -0.4 is 0 Å². The van der Waals surface area contributed by atoms with Gasteiger partial charge in [-0.3, -0.25) is 23.2 Å². The van der Waals surface area contributed by atoms with Crippen molar-refractivity contribution >= 4 is 27.6 Å². The first-order chi connectivity index (χ1) is 30.6. The lowest BCUT2D eigenvalue weighted by Gasteiger charge is -2.43. The molecule has 0 bridgehead atoms. The molecule has 2 fully saturated rings. The van der Waals surface area contributed by atoms with E-state index in [1.54, 1.807) is 0 Å². The predicted molar refractivity (Wildman–Crippen MR) is 241 cm³/mol. The van der Waals surface area contributed by atoms with E-state index in [0.29, 0.717) is 25.4 Å². The molecule has 0 radical (unpaired) electrons. The van der Waals surface area contributed by atoms with Crippen LogP contribution in [-0.4, -0.2) is 115 Å². The quantitative estimate of drug-likeness (QED) is 0.0104. The molecule has 17 nitrogen and oxygen atoms in total. The molecule has 0 aromatic carbocycles. The molecule has 7 unspecified atom stereocenters. The fourth-order valence-electron chi connectivity index (χ4n) is 6.99. The van der Waals surface area contributed by atoms with E-state index in [1.807, 2.05) is 12.2 Å². The zero-order valence-corrected chi connectivity index (χ0v) is 39.7. The standard InChI is InChI=1S/C45H78O17P2/c1-3-5-7-9-11-12-13-14-15-16-19-23-27-31-38(46)57-33-35(34-58-64(55,56)62-45-42(50)40(48)41(49)44(43(45)51)61-63(52,53)54)59-39(47)32-28-24-20-17-18-22-26-30-37-36(60-37)29-25-21-10-8-6-4-2/h12-13,17,20-22,25-26,35-37,40-45,48-51H,3-11,14-16,18-19,23-24,27-34H2,1-2H3,(H,55,56)(H2,52,53,54)/b13-12-,20-17-,25-21-,26-22-/t35-,36?,37?,40?,41?,42?,43?,44-,45+/m1/s1. The highest BCUT2D eigenvalue weighted by Gasteiger charge is 2.54. The van der Waals surface area contributed by atoms with Crippen LogP contribution in [0.1, 0.15) is 155 Å². The number of allylic oxidation sites excluding steroid dienone is 6. The molecule has 2 rings (SSSR count). The third kappa shape index (κ3) is 26.9. The van der Waals surface area contributed by atoms with Gasteiger partial charge in [0, 0.05) is 12.8 Å². The number of ether oxygens (including phenoxy) is 3. The Morgan fingerprint density at radius 3 is 1.69 bits per heavy atom. The Bertz CT molecular complexity index is 1500. The molecule has 1 saturated carbocycles. The molecular weight excluding hydrogens is 874 g/mol. The van der Waals surface area contributed by atoms with E-state index in [0.717, 1.165) is 64.2 Å². The Kier molecular flexibility index (Phi) is 30.3. The Balaban J connectivity index is 1.83. The molecule has 0 spiro atoms. The highest BCUT2D eigenvalue weighted by Crippen LogP contribution is 2.49. The van der Waals surface area contributed by atoms with Gasteiger partial charge in [-0.05, 0) is 77.0 Å². The van der Waals surface area contributed by atoms with Gasteiger partial charge in [0.05, 0.1) is 18.8 Å². The largest absolute Gasteiger partial charge is 0.472 e. The lowest BCUT2D eigenvalue weighted by atomic mass is 9.85. The molecule has 1 aliphatic carbocycles. The lowest BCUT2D eigenvalue weighted by molar-refractivity contribution is -0.216. The molecule has 1 heterocycles. The number of hydrogen-bond acceptors (Lipinski definition) is 14. The minimum atomic E-state index is -5.37. The lowest BCUT2D eigenvalue weighted by Crippen LogP contribution is -2.64. The molecule has 2 aliphatic rings. The number of phosphoric ester groups is 2. The predicted octanol–water partition coefficient (Wildman–Crippen LogP) is 7.49. The van der Waals surface area contributed by atoms with Crippen LogP contribution >= 0.6 is 15.6 Å². The van der Waals surface area contributed by atoms with E-state index in [9.17, 15) is 44.0 Å². The van der Waals surface area contributed by atoms with Crippen molar-refractivity contribution in [2.75, 3.05) is 13.2 Å². The fourth-order valence-corrected chi connectivity index (χ4v) is 8.53. The maximum atomic E-state index is 13.0. The smallest absolute Gasteiger partial charge is 0.462 e. The monoisotopic (exact) mass is 952 g/mol. The second kappa shape index (κ2) is 33.4. The van der Waals surface area contributed by atoms with Crippen LogP contribution in [0.5, 0.6) is 0 Å². The molecular formula is C45H78O17P2. The third-order valence-electron chi connectivity index (χ3n) is 10.8. The average molecular weight is 953 g/mol. The molecule has 64 heavy (non-hydrogen) atoms. The van der Waals surface area contributed by atoms with E-state index in [2.05, 4.69) is 54.8 Å². The van der Waals surface area contributed by atoms with Crippen LogP contribution in [-0.2, 0) is 46.5 Å². The molecule has 0 aromatic rings. The van der Waals surface area contributed by atoms with Crippen LogP contribution in [0.4, 0.5) is 0 Å². The number of rotatable bonds is 37. The minimum absolute atomic E-state index is 0.0399. The van der Waals surface area contributed by atoms with E-state index < -0.39 is 83.5 Å². The minimum Gasteiger partial charge on any atom is -0.462 e. The Labute approximate surface area is 380 Å². The van der Waals surface area contributed by atoms with Gasteiger partial charge in [-0.2, -0.15) is 0 Å². The zero-order chi connectivity index (χ0) is 47.2. The number of aliphatic hydroxyl groups is 4. The summed E-state index contributed by atoms with van der Waals surface area (Å²) in [7, 11) is -10.7. The average Bonchev–Trinajstić information content (AvgIpc) is 4.01. The summed E-state index contributed by atoms with van der Waals surface area (Å²) >= 11 is 0. The summed E-state index contributed by atoms with van der Waals surface area (Å²) in [5, 5.41) is 41.2. The summed E-state index contributed by atoms with van der Waals surface area (Å²) in [5.74, 6) is -1.29. The second-order valence-electron chi connectivity index (χ2n) is 16.5. The molecule has 1 saturated heterocycles. The highest BCUT2D eigenvalue weighted by atomic mass is 31.2. The molecule has 370 valence electrons. The SMILES string of the molecule is CCCCC/C=C\CC1OC1C/C=C\C/C=C\CCCC(=O)O[C@H](COC(=O)CCCCCCC/C=C\CCCCCC)COP(=O)(O)O[C@H]1C(O)C(O)C(O)[C@@H](OP(=O)(O)O)C1O. The van der Waals surface area contributed by atoms with Crippen molar-refractivity contribution in [1.82, 2.24) is 0 Å². The number of carbonyl (C=O) groups excluding carboxylic acids is 2. The number of unbranched alkanes of at least 4 members (excludes halogenated alkanes) is 13. The van der Waals surface area contributed by atoms with Crippen LogP contribution in [0.15, 0.2) is 48.6 Å². The Hall–Kier alpha value is -2.08. The molecule has 10 atom stereocenters. The molecule has 19 heteroatoms. The van der Waals surface area contributed by atoms with E-state index in [1.165, 1.54) is 44.9 Å². The summed E-state index contributed by atoms with van der Waals surface area (Å²) in [6.07, 6.45) is 22.5. The number of epoxide rings is 1. The number of carbonyl (C=O) groups is 2. The second-order valence-corrected chi connectivity index (χ2v) is 19.1. The van der Waals surface area contributed by atoms with Gasteiger partial charge >= 0.3 is 27.6 Å². The van der Waals surface area contributed by atoms with Gasteiger partial charge in [0.1, 0.15) is 43.2 Å². The van der Waals surface area contributed by atoms with Crippen molar-refractivity contribution < 1.29 is 81.6 Å². The van der Waals surface area contributed by atoms with Crippen molar-refractivity contribution in [3.8, 4) is 0 Å². The van der Waals surface area contributed by atoms with Gasteiger partial charge < -0.3 is 49.3 Å². The van der Waals surface area contributed by atoms with Gasteiger partial charge in [0.25, 0.3) is 0 Å². The van der Waals surface area contributed by atoms with Crippen molar-refractivity contribution in [2.45, 2.75) is 210 Å². The molecule has 7 N–H and O–H groups in total. The third-order valence-corrected chi connectivity index (χ3v) is 12.3. The van der Waals surface area contributed by atoms with Gasteiger partial charge in [-0.25, -0.2) is 9.13 Å². The number of aliphatic hydroxyl groups excluding tert-OH is 4. The van der Waals surface area contributed by atoms with Crippen LogP contribution in [0, 0.1) is 0 Å². The summed E-state index contributed by atoms with van der Waals surface area (Å²) in [5.41, 5.74) is 0. The normalized spacial score (nSPS) is 25.4. The summed E-state index contributed by atoms with van der Waals surface area (Å²) in [6.45, 7) is 2.99. The fraction of sp³-hybridized carbons (Fsp3) is 0.778. The van der Waals surface area contributed by atoms with Crippen molar-refractivity contribution in [2.24, 2.45) is 0 Å². The maximum Gasteiger partial charge on any atom is 0.472 e. The molecule has 0 aromatic heterocycles. The first-order valence-corrected chi connectivity index (χ1v) is 26.3. The first-order valence-electron chi connectivity index (χ1n) is 23.3. The zero-order valence-electron chi connectivity index (χ0n) is 37.9. The van der Waals surface area contributed by atoms with Crippen LogP contribution in [0.2, 0.25) is 0 Å². The van der Waals surface area contributed by atoms with E-state index >= 15 is 0 Å². The van der Waals surface area contributed by atoms with Gasteiger partial charge in [0.2, 0.25) is 0 Å². The van der Waals surface area contributed by atoms with Gasteiger partial charge in [-0.15, -0.1) is 0 Å². The van der Waals surface area contributed by atoms with Gasteiger partial charge in [-0.1, -0.05) is 114 Å². The maximum absolute atomic E-state index is 13.0. The van der Waals surface area contributed by atoms with Crippen molar-refractivity contribution in [3.05, 3.63) is 48.6 Å². The Morgan fingerprint density at radius 2 is 1.05 bits per heavy atom. The van der Waals surface area contributed by atoms with Crippen LogP contribution in [0.25, 0.3) is 0 Å². The van der Waals surface area contributed by atoms with E-state index in [-0.39, 0.29) is 18.9 Å². The number of hydrogen-bond donors (Lipinski definition) is 7. The van der Waals surface area contributed by atoms with E-state index in [4.69, 9.17) is 33.0 Å². The molecule has 0 amide bonds. The summed E-state index contributed by atoms with van der Waals surface area (Å²) in [6, 6.07) is 0.